The SMILES string of the molecule is Cn1c(SCc2nnc(-c3cccc(Cl)c3)o2)nnc1-c1ccco1. The van der Waals surface area contributed by atoms with Crippen LogP contribution in [0.1, 0.15) is 5.89 Å². The van der Waals surface area contributed by atoms with Crippen LogP contribution in [0.3, 0.4) is 0 Å². The minimum atomic E-state index is 0.437. The Morgan fingerprint density at radius 2 is 2.04 bits per heavy atom. The molecule has 7 nitrogen and oxygen atoms in total. The van der Waals surface area contributed by atoms with Crippen molar-refractivity contribution in [3.05, 3.63) is 53.6 Å². The van der Waals surface area contributed by atoms with Gasteiger partial charge in [0.2, 0.25) is 11.8 Å². The normalized spacial score (nSPS) is 11.1. The standard InChI is InChI=1S/C16H12ClN5O2S/c1-22-14(12-6-3-7-23-12)19-21-16(22)25-9-13-18-20-15(24-13)10-4-2-5-11(17)8-10/h2-8H,9H2,1H3. The molecule has 0 saturated carbocycles. The van der Waals surface area contributed by atoms with Gasteiger partial charge in [0.05, 0.1) is 12.0 Å². The molecule has 126 valence electrons. The number of hydrogen-bond donors (Lipinski definition) is 0. The molecule has 0 saturated heterocycles. The van der Waals surface area contributed by atoms with Crippen LogP contribution in [0.15, 0.2) is 56.7 Å². The summed E-state index contributed by atoms with van der Waals surface area (Å²) in [6, 6.07) is 10.9. The number of benzene rings is 1. The van der Waals surface area contributed by atoms with E-state index in [4.69, 9.17) is 20.4 Å². The summed E-state index contributed by atoms with van der Waals surface area (Å²) in [7, 11) is 1.88. The predicted molar refractivity (Wildman–Crippen MR) is 93.0 cm³/mol. The zero-order valence-corrected chi connectivity index (χ0v) is 14.7. The van der Waals surface area contributed by atoms with E-state index in [2.05, 4.69) is 20.4 Å². The lowest BCUT2D eigenvalue weighted by atomic mass is 10.2. The summed E-state index contributed by atoms with van der Waals surface area (Å²) in [5.74, 6) is 2.76. The Balaban J connectivity index is 1.48. The number of furan rings is 1. The van der Waals surface area contributed by atoms with E-state index in [-0.39, 0.29) is 0 Å². The van der Waals surface area contributed by atoms with Crippen LogP contribution in [0, 0.1) is 0 Å². The van der Waals surface area contributed by atoms with Gasteiger partial charge in [-0.25, -0.2) is 0 Å². The second-order valence-electron chi connectivity index (χ2n) is 5.14. The maximum absolute atomic E-state index is 5.99. The average molecular weight is 374 g/mol. The van der Waals surface area contributed by atoms with Crippen molar-refractivity contribution in [1.29, 1.82) is 0 Å². The highest BCUT2D eigenvalue weighted by molar-refractivity contribution is 7.98. The van der Waals surface area contributed by atoms with Gasteiger partial charge < -0.3 is 13.4 Å². The van der Waals surface area contributed by atoms with Crippen LogP contribution >= 0.6 is 23.4 Å². The maximum atomic E-state index is 5.99. The molecule has 3 aromatic heterocycles. The van der Waals surface area contributed by atoms with Crippen molar-refractivity contribution in [2.24, 2.45) is 7.05 Å². The summed E-state index contributed by atoms with van der Waals surface area (Å²) in [4.78, 5) is 0. The number of rotatable bonds is 5. The third kappa shape index (κ3) is 3.31. The van der Waals surface area contributed by atoms with Gasteiger partial charge in [-0.05, 0) is 30.3 Å². The first-order chi connectivity index (χ1) is 12.2. The van der Waals surface area contributed by atoms with Gasteiger partial charge in [0, 0.05) is 17.6 Å². The zero-order chi connectivity index (χ0) is 17.2. The molecule has 25 heavy (non-hydrogen) atoms. The van der Waals surface area contributed by atoms with Gasteiger partial charge in [-0.3, -0.25) is 0 Å². The Morgan fingerprint density at radius 1 is 1.12 bits per heavy atom. The molecule has 0 fully saturated rings. The fourth-order valence-corrected chi connectivity index (χ4v) is 3.18. The third-order valence-corrected chi connectivity index (χ3v) is 4.68. The largest absolute Gasteiger partial charge is 0.461 e. The molecule has 4 aromatic rings. The highest BCUT2D eigenvalue weighted by Crippen LogP contribution is 2.27. The lowest BCUT2D eigenvalue weighted by molar-refractivity contribution is 0.528. The predicted octanol–water partition coefficient (Wildman–Crippen LogP) is 4.07. The summed E-state index contributed by atoms with van der Waals surface area (Å²) in [6.45, 7) is 0. The molecular formula is C16H12ClN5O2S. The Morgan fingerprint density at radius 3 is 2.84 bits per heavy atom. The topological polar surface area (TPSA) is 82.8 Å². The van der Waals surface area contributed by atoms with E-state index < -0.39 is 0 Å². The third-order valence-electron chi connectivity index (χ3n) is 3.44. The van der Waals surface area contributed by atoms with Crippen LogP contribution in [0.25, 0.3) is 23.0 Å². The first-order valence-electron chi connectivity index (χ1n) is 7.35. The molecule has 0 aliphatic heterocycles. The molecule has 0 unspecified atom stereocenters. The average Bonchev–Trinajstić information content (AvgIpc) is 3.34. The molecule has 0 atom stereocenters. The zero-order valence-electron chi connectivity index (χ0n) is 13.1. The summed E-state index contributed by atoms with van der Waals surface area (Å²) in [5, 5.41) is 17.8. The van der Waals surface area contributed by atoms with Gasteiger partial charge >= 0.3 is 0 Å². The second-order valence-corrected chi connectivity index (χ2v) is 6.52. The quantitative estimate of drug-likeness (QED) is 0.487. The highest BCUT2D eigenvalue weighted by Gasteiger charge is 2.15. The molecule has 0 amide bonds. The van der Waals surface area contributed by atoms with Gasteiger partial charge in [0.25, 0.3) is 0 Å². The first-order valence-corrected chi connectivity index (χ1v) is 8.71. The molecule has 0 spiro atoms. The van der Waals surface area contributed by atoms with Crippen molar-refractivity contribution >= 4 is 23.4 Å². The minimum absolute atomic E-state index is 0.437. The molecule has 0 N–H and O–H groups in total. The number of halogens is 1. The lowest BCUT2D eigenvalue weighted by Crippen LogP contribution is -1.94. The Bertz CT molecular complexity index is 996. The number of thioether (sulfide) groups is 1. The highest BCUT2D eigenvalue weighted by atomic mass is 35.5. The molecule has 3 heterocycles. The van der Waals surface area contributed by atoms with Gasteiger partial charge in [-0.1, -0.05) is 29.4 Å². The molecule has 9 heteroatoms. The molecular weight excluding hydrogens is 362 g/mol. The summed E-state index contributed by atoms with van der Waals surface area (Å²) < 4.78 is 12.9. The van der Waals surface area contributed by atoms with E-state index >= 15 is 0 Å². The van der Waals surface area contributed by atoms with Crippen molar-refractivity contribution < 1.29 is 8.83 Å². The van der Waals surface area contributed by atoms with Gasteiger partial charge in [-0.15, -0.1) is 20.4 Å². The molecule has 1 aromatic carbocycles. The van der Waals surface area contributed by atoms with Crippen molar-refractivity contribution in [3.63, 3.8) is 0 Å². The second kappa shape index (κ2) is 6.73. The summed E-state index contributed by atoms with van der Waals surface area (Å²) >= 11 is 7.44. The van der Waals surface area contributed by atoms with E-state index in [1.807, 2.05) is 35.9 Å². The Kier molecular flexibility index (Phi) is 4.29. The van der Waals surface area contributed by atoms with E-state index in [1.165, 1.54) is 11.8 Å². The first kappa shape index (κ1) is 15.9. The molecule has 4 rings (SSSR count). The minimum Gasteiger partial charge on any atom is -0.461 e. The van der Waals surface area contributed by atoms with Gasteiger partial charge in [0.15, 0.2) is 16.7 Å². The van der Waals surface area contributed by atoms with E-state index in [0.717, 1.165) is 10.7 Å². The smallest absolute Gasteiger partial charge is 0.247 e. The molecule has 0 bridgehead atoms. The lowest BCUT2D eigenvalue weighted by Gasteiger charge is -2.00. The van der Waals surface area contributed by atoms with Crippen LogP contribution in [0.4, 0.5) is 0 Å². The van der Waals surface area contributed by atoms with Crippen molar-refractivity contribution in [2.75, 3.05) is 0 Å². The Labute approximate surface area is 152 Å². The maximum Gasteiger partial charge on any atom is 0.247 e. The molecule has 0 radical (unpaired) electrons. The monoisotopic (exact) mass is 373 g/mol. The fraction of sp³-hybridized carbons (Fsp3) is 0.125. The van der Waals surface area contributed by atoms with Crippen LogP contribution in [0.5, 0.6) is 0 Å². The summed E-state index contributed by atoms with van der Waals surface area (Å²) in [6.07, 6.45) is 1.60. The van der Waals surface area contributed by atoms with Crippen molar-refractivity contribution in [3.8, 4) is 23.0 Å². The number of aromatic nitrogens is 5. The van der Waals surface area contributed by atoms with Crippen LogP contribution in [-0.2, 0) is 12.8 Å². The van der Waals surface area contributed by atoms with Crippen LogP contribution in [0.2, 0.25) is 5.02 Å². The van der Waals surface area contributed by atoms with Crippen LogP contribution < -0.4 is 0 Å². The fourth-order valence-electron chi connectivity index (χ4n) is 2.24. The van der Waals surface area contributed by atoms with Gasteiger partial charge in [-0.2, -0.15) is 0 Å². The number of hydrogen-bond acceptors (Lipinski definition) is 7. The van der Waals surface area contributed by atoms with Crippen LogP contribution in [-0.4, -0.2) is 25.0 Å². The Hall–Kier alpha value is -2.58. The van der Waals surface area contributed by atoms with E-state index in [1.54, 1.807) is 18.4 Å². The molecule has 0 aliphatic rings. The van der Waals surface area contributed by atoms with Crippen molar-refractivity contribution in [1.82, 2.24) is 25.0 Å². The summed E-state index contributed by atoms with van der Waals surface area (Å²) in [5.41, 5.74) is 0.787. The number of nitrogens with zero attached hydrogens (tertiary/aromatic N) is 5. The van der Waals surface area contributed by atoms with E-state index in [0.29, 0.717) is 34.1 Å². The van der Waals surface area contributed by atoms with Gasteiger partial charge in [0.1, 0.15) is 0 Å². The van der Waals surface area contributed by atoms with Crippen molar-refractivity contribution in [2.45, 2.75) is 10.9 Å². The molecule has 0 aliphatic carbocycles. The van der Waals surface area contributed by atoms with E-state index in [9.17, 15) is 0 Å².